The Morgan fingerprint density at radius 3 is 2.29 bits per heavy atom. The first-order valence-electron chi connectivity index (χ1n) is 13.7. The van der Waals surface area contributed by atoms with Gasteiger partial charge in [0.15, 0.2) is 5.69 Å². The molecule has 0 aliphatic heterocycles. The number of amides is 1. The summed E-state index contributed by atoms with van der Waals surface area (Å²) in [6.07, 6.45) is -2.50. The smallest absolute Gasteiger partial charge is 0.416 e. The van der Waals surface area contributed by atoms with Crippen molar-refractivity contribution in [3.05, 3.63) is 93.7 Å². The van der Waals surface area contributed by atoms with Gasteiger partial charge in [-0.05, 0) is 62.4 Å². The molecule has 236 valence electrons. The summed E-state index contributed by atoms with van der Waals surface area (Å²) in [6.45, 7) is 3.57. The fourth-order valence-electron chi connectivity index (χ4n) is 4.33. The Hall–Kier alpha value is -5.29. The Balaban J connectivity index is 0.00000130. The molecule has 0 radical (unpaired) electrons. The Labute approximate surface area is 257 Å². The molecule has 2 aromatic heterocycles. The molecule has 0 aliphatic rings. The number of benzene rings is 2. The number of nitriles is 1. The molecule has 45 heavy (non-hydrogen) atoms. The summed E-state index contributed by atoms with van der Waals surface area (Å²) < 4.78 is 43.9. The van der Waals surface area contributed by atoms with Gasteiger partial charge in [-0.15, -0.1) is 0 Å². The van der Waals surface area contributed by atoms with Crippen LogP contribution < -0.4 is 16.0 Å². The lowest BCUT2D eigenvalue weighted by molar-refractivity contribution is -0.870. The van der Waals surface area contributed by atoms with E-state index in [0.29, 0.717) is 27.8 Å². The molecule has 4 rings (SSSR count). The molecule has 0 saturated heterocycles. The molecule has 11 nitrogen and oxygen atoms in total. The number of carboxylic acids is 1. The second-order valence-corrected chi connectivity index (χ2v) is 11.0. The number of halogens is 3. The third-order valence-corrected chi connectivity index (χ3v) is 6.37. The molecule has 1 N–H and O–H groups in total. The first-order chi connectivity index (χ1) is 21.0. The predicted molar refractivity (Wildman–Crippen MR) is 157 cm³/mol. The Morgan fingerprint density at radius 2 is 1.71 bits per heavy atom. The Bertz CT molecular complexity index is 1780. The van der Waals surface area contributed by atoms with E-state index < -0.39 is 34.9 Å². The molecular formula is C31H32F3N7O4. The van der Waals surface area contributed by atoms with E-state index in [1.54, 1.807) is 37.3 Å². The van der Waals surface area contributed by atoms with Crippen molar-refractivity contribution in [2.75, 3.05) is 34.2 Å². The van der Waals surface area contributed by atoms with Crippen LogP contribution in [-0.2, 0) is 11.0 Å². The van der Waals surface area contributed by atoms with Crippen molar-refractivity contribution in [2.45, 2.75) is 26.4 Å². The van der Waals surface area contributed by atoms with Crippen molar-refractivity contribution in [2.24, 2.45) is 0 Å². The number of carbonyl (C=O) groups excluding carboxylic acids is 2. The van der Waals surface area contributed by atoms with E-state index in [1.807, 2.05) is 27.2 Å². The van der Waals surface area contributed by atoms with E-state index in [2.05, 4.69) is 15.4 Å². The maximum atomic E-state index is 13.6. The summed E-state index contributed by atoms with van der Waals surface area (Å²) in [5.41, 5.74) is -0.492. The SMILES string of the molecule is CC(=O)[O-].Cc1c(-c2ccnn2-c2ccc(C#N)cc2)nc(C(=O)NCCC[N+](C)(C)C)c(=O)n1-c1cccc(C(F)(F)F)c1. The van der Waals surface area contributed by atoms with Crippen LogP contribution in [0, 0.1) is 18.3 Å². The van der Waals surface area contributed by atoms with Crippen molar-refractivity contribution < 1.29 is 32.3 Å². The molecule has 14 heteroatoms. The van der Waals surface area contributed by atoms with Gasteiger partial charge in [0.05, 0.1) is 68.2 Å². The van der Waals surface area contributed by atoms with Gasteiger partial charge in [-0.1, -0.05) is 6.07 Å². The number of hydrogen-bond donors (Lipinski definition) is 1. The lowest BCUT2D eigenvalue weighted by Crippen LogP contribution is -2.39. The zero-order valence-electron chi connectivity index (χ0n) is 25.3. The number of aromatic nitrogens is 4. The van der Waals surface area contributed by atoms with E-state index in [0.717, 1.165) is 30.2 Å². The molecule has 0 unspecified atom stereocenters. The normalized spacial score (nSPS) is 11.3. The fourth-order valence-corrected chi connectivity index (χ4v) is 4.33. The van der Waals surface area contributed by atoms with Gasteiger partial charge in [0.1, 0.15) is 5.69 Å². The molecule has 2 heterocycles. The number of alkyl halides is 3. The van der Waals surface area contributed by atoms with Gasteiger partial charge in [0, 0.05) is 24.6 Å². The third kappa shape index (κ3) is 8.87. The summed E-state index contributed by atoms with van der Waals surface area (Å²) in [4.78, 5) is 40.2. The number of carboxylic acid groups (broad SMARTS) is 1. The topological polar surface area (TPSA) is 146 Å². The highest BCUT2D eigenvalue weighted by Gasteiger charge is 2.31. The number of hydrogen-bond acceptors (Lipinski definition) is 7. The fraction of sp³-hybridized carbons (Fsp3) is 0.290. The Morgan fingerprint density at radius 1 is 1.07 bits per heavy atom. The second kappa shape index (κ2) is 14.0. The third-order valence-electron chi connectivity index (χ3n) is 6.37. The minimum Gasteiger partial charge on any atom is -0.550 e. The molecular weight excluding hydrogens is 591 g/mol. The van der Waals surface area contributed by atoms with Gasteiger partial charge < -0.3 is 19.7 Å². The molecule has 0 aliphatic carbocycles. The van der Waals surface area contributed by atoms with Gasteiger partial charge in [-0.25, -0.2) is 9.67 Å². The molecule has 1 amide bonds. The first-order valence-corrected chi connectivity index (χ1v) is 13.7. The molecule has 0 spiro atoms. The maximum Gasteiger partial charge on any atom is 0.416 e. The molecule has 0 fully saturated rings. The average molecular weight is 624 g/mol. The minimum atomic E-state index is -4.64. The van der Waals surface area contributed by atoms with Crippen molar-refractivity contribution in [1.29, 1.82) is 5.26 Å². The van der Waals surface area contributed by atoms with Crippen LogP contribution in [0.25, 0.3) is 22.8 Å². The molecule has 2 aromatic carbocycles. The minimum absolute atomic E-state index is 0.0607. The van der Waals surface area contributed by atoms with Crippen LogP contribution in [0.1, 0.15) is 40.7 Å². The van der Waals surface area contributed by atoms with Crippen molar-refractivity contribution in [3.63, 3.8) is 0 Å². The highest BCUT2D eigenvalue weighted by atomic mass is 19.4. The van der Waals surface area contributed by atoms with Crippen LogP contribution in [0.5, 0.6) is 0 Å². The van der Waals surface area contributed by atoms with E-state index in [9.17, 15) is 22.8 Å². The molecule has 0 saturated carbocycles. The van der Waals surface area contributed by atoms with Crippen LogP contribution in [0.4, 0.5) is 13.2 Å². The van der Waals surface area contributed by atoms with Gasteiger partial charge in [-0.2, -0.15) is 23.5 Å². The van der Waals surface area contributed by atoms with Gasteiger partial charge in [-0.3, -0.25) is 14.2 Å². The predicted octanol–water partition coefficient (Wildman–Crippen LogP) is 2.87. The van der Waals surface area contributed by atoms with Crippen LogP contribution in [0.3, 0.4) is 0 Å². The van der Waals surface area contributed by atoms with Gasteiger partial charge >= 0.3 is 6.18 Å². The summed E-state index contributed by atoms with van der Waals surface area (Å²) in [7, 11) is 6.04. The number of nitrogens with zero attached hydrogens (tertiary/aromatic N) is 6. The van der Waals surface area contributed by atoms with E-state index >= 15 is 0 Å². The summed E-state index contributed by atoms with van der Waals surface area (Å²) in [5, 5.41) is 25.1. The summed E-state index contributed by atoms with van der Waals surface area (Å²) in [5.74, 6) is -1.82. The van der Waals surface area contributed by atoms with Crippen LogP contribution in [0.15, 0.2) is 65.6 Å². The zero-order valence-corrected chi connectivity index (χ0v) is 25.3. The Kier molecular flexibility index (Phi) is 10.6. The van der Waals surface area contributed by atoms with Crippen LogP contribution in [0.2, 0.25) is 0 Å². The number of quaternary nitrogens is 1. The monoisotopic (exact) mass is 623 g/mol. The first kappa shape index (κ1) is 34.2. The highest BCUT2D eigenvalue weighted by Crippen LogP contribution is 2.31. The standard InChI is InChI=1S/C29H28F3N7O2.C2H4O2/c1-19-25(24-13-15-35-38(24)22-11-9-20(18-33)10-12-22)36-26(27(40)34-14-6-16-39(2,3)4)28(41)37(19)23-8-5-7-21(17-23)29(30,31)32;1-2(3)4/h5,7-13,15,17H,6,14,16H2,1-4H3;1H3,(H,3,4). The van der Waals surface area contributed by atoms with Crippen molar-refractivity contribution in [1.82, 2.24) is 24.6 Å². The van der Waals surface area contributed by atoms with Crippen LogP contribution in [-0.4, -0.2) is 69.9 Å². The lowest BCUT2D eigenvalue weighted by Gasteiger charge is -2.23. The number of carbonyl (C=O) groups is 2. The maximum absolute atomic E-state index is 13.6. The molecule has 0 atom stereocenters. The van der Waals surface area contributed by atoms with E-state index in [-0.39, 0.29) is 23.6 Å². The van der Waals surface area contributed by atoms with Gasteiger partial charge in [0.2, 0.25) is 0 Å². The lowest BCUT2D eigenvalue weighted by atomic mass is 10.1. The van der Waals surface area contributed by atoms with E-state index in [1.165, 1.54) is 23.0 Å². The van der Waals surface area contributed by atoms with Crippen molar-refractivity contribution in [3.8, 4) is 28.8 Å². The van der Waals surface area contributed by atoms with Gasteiger partial charge in [0.25, 0.3) is 11.5 Å². The molecule has 0 bridgehead atoms. The second-order valence-electron chi connectivity index (χ2n) is 11.0. The summed E-state index contributed by atoms with van der Waals surface area (Å²) >= 11 is 0. The average Bonchev–Trinajstić information content (AvgIpc) is 3.44. The summed E-state index contributed by atoms with van der Waals surface area (Å²) in [6, 6.07) is 14.6. The number of aliphatic carboxylic acids is 1. The van der Waals surface area contributed by atoms with Crippen molar-refractivity contribution >= 4 is 11.9 Å². The zero-order chi connectivity index (χ0) is 33.5. The van der Waals surface area contributed by atoms with Crippen LogP contribution >= 0.6 is 0 Å². The molecule has 4 aromatic rings. The largest absolute Gasteiger partial charge is 0.550 e. The number of rotatable bonds is 8. The number of nitrogens with one attached hydrogen (secondary N) is 1. The van der Waals surface area contributed by atoms with E-state index in [4.69, 9.17) is 15.2 Å². The highest BCUT2D eigenvalue weighted by molar-refractivity contribution is 5.92. The quantitative estimate of drug-likeness (QED) is 0.235.